The van der Waals surface area contributed by atoms with E-state index in [0.29, 0.717) is 42.8 Å². The molecule has 13 heteroatoms. The summed E-state index contributed by atoms with van der Waals surface area (Å²) in [4.78, 5) is 37.7. The lowest BCUT2D eigenvalue weighted by Gasteiger charge is -2.18. The number of nitrogens with two attached hydrogens (primary N) is 2. The molecule has 1 atom stereocenters. The molecule has 0 aromatic heterocycles. The first kappa shape index (κ1) is 26.1. The predicted octanol–water partition coefficient (Wildman–Crippen LogP) is 2.55. The summed E-state index contributed by atoms with van der Waals surface area (Å²) in [6.07, 6.45) is -3.96. The smallest absolute Gasteiger partial charge is 0.398 e. The maximum Gasteiger partial charge on any atom is 0.416 e. The Bertz CT molecular complexity index is 1130. The number of nitrogen functional groups attached to an aromatic ring is 1. The number of likely N-dealkylation sites (tertiary alicyclic amines) is 1. The van der Waals surface area contributed by atoms with Gasteiger partial charge in [0.1, 0.15) is 0 Å². The number of carbonyl (C=O) groups is 3. The van der Waals surface area contributed by atoms with Crippen molar-refractivity contribution in [2.24, 2.45) is 5.73 Å². The Hall–Kier alpha value is -3.51. The van der Waals surface area contributed by atoms with E-state index in [1.54, 1.807) is 12.1 Å². The van der Waals surface area contributed by atoms with Crippen molar-refractivity contribution >= 4 is 40.8 Å². The van der Waals surface area contributed by atoms with Crippen LogP contribution in [0.3, 0.4) is 0 Å². The standard InChI is InChI=1S/C22H24ClF3N6O3/c23-16-3-1-12(7-18(16)31-21(28)35)10-32-6-5-14(11-32)30-19(33)9-29-20(34)15-8-13(22(24,25)26)2-4-17(15)27/h1-4,7-8,14H,5-6,9-11,27H2,(H,29,34)(H,30,33)(H3,28,31,35)/t14-/m0/s1. The number of rotatable bonds is 7. The molecule has 0 radical (unpaired) electrons. The third-order valence-corrected chi connectivity index (χ3v) is 5.70. The van der Waals surface area contributed by atoms with E-state index in [1.165, 1.54) is 0 Å². The summed E-state index contributed by atoms with van der Waals surface area (Å²) in [7, 11) is 0. The predicted molar refractivity (Wildman–Crippen MR) is 125 cm³/mol. The molecule has 0 aliphatic carbocycles. The Kier molecular flexibility index (Phi) is 8.07. The van der Waals surface area contributed by atoms with Crippen LogP contribution in [0.5, 0.6) is 0 Å². The molecule has 0 unspecified atom stereocenters. The number of primary amides is 1. The molecule has 2 aromatic rings. The lowest BCUT2D eigenvalue weighted by atomic mass is 10.1. The summed E-state index contributed by atoms with van der Waals surface area (Å²) in [5, 5.41) is 7.91. The topological polar surface area (TPSA) is 143 Å². The van der Waals surface area contributed by atoms with E-state index < -0.39 is 36.1 Å². The Morgan fingerprint density at radius 3 is 2.57 bits per heavy atom. The second-order valence-corrected chi connectivity index (χ2v) is 8.48. The van der Waals surface area contributed by atoms with E-state index in [9.17, 15) is 27.6 Å². The van der Waals surface area contributed by atoms with Gasteiger partial charge in [0, 0.05) is 31.4 Å². The Balaban J connectivity index is 1.49. The third kappa shape index (κ3) is 7.23. The average Bonchev–Trinajstić information content (AvgIpc) is 3.20. The monoisotopic (exact) mass is 512 g/mol. The molecule has 0 bridgehead atoms. The zero-order chi connectivity index (χ0) is 25.8. The highest BCUT2D eigenvalue weighted by atomic mass is 35.5. The van der Waals surface area contributed by atoms with E-state index in [-0.39, 0.29) is 17.3 Å². The Labute approximate surface area is 204 Å². The third-order valence-electron chi connectivity index (χ3n) is 5.37. The maximum absolute atomic E-state index is 12.9. The molecule has 1 aliphatic rings. The molecule has 1 heterocycles. The van der Waals surface area contributed by atoms with Crippen LogP contribution in [0.2, 0.25) is 5.02 Å². The number of nitrogens with one attached hydrogen (secondary N) is 3. The molecule has 1 fully saturated rings. The number of urea groups is 1. The minimum absolute atomic E-state index is 0.126. The van der Waals surface area contributed by atoms with Gasteiger partial charge in [-0.15, -0.1) is 0 Å². The van der Waals surface area contributed by atoms with Crippen LogP contribution >= 0.6 is 11.6 Å². The van der Waals surface area contributed by atoms with Crippen molar-refractivity contribution in [3.8, 4) is 0 Å². The van der Waals surface area contributed by atoms with E-state index >= 15 is 0 Å². The number of halogens is 4. The largest absolute Gasteiger partial charge is 0.416 e. The highest BCUT2D eigenvalue weighted by Gasteiger charge is 2.31. The van der Waals surface area contributed by atoms with Crippen LogP contribution in [-0.4, -0.2) is 48.4 Å². The minimum atomic E-state index is -4.62. The molecule has 2 aromatic carbocycles. The summed E-state index contributed by atoms with van der Waals surface area (Å²) in [6.45, 7) is 1.37. The number of hydrogen-bond donors (Lipinski definition) is 5. The zero-order valence-corrected chi connectivity index (χ0v) is 19.2. The van der Waals surface area contributed by atoms with Crippen molar-refractivity contribution < 1.29 is 27.6 Å². The van der Waals surface area contributed by atoms with Gasteiger partial charge >= 0.3 is 12.2 Å². The molecule has 35 heavy (non-hydrogen) atoms. The van der Waals surface area contributed by atoms with Gasteiger partial charge in [-0.05, 0) is 42.3 Å². The Morgan fingerprint density at radius 1 is 1.14 bits per heavy atom. The molecule has 4 amide bonds. The normalized spacial score (nSPS) is 16.1. The van der Waals surface area contributed by atoms with Gasteiger partial charge in [0.2, 0.25) is 5.91 Å². The molecule has 9 nitrogen and oxygen atoms in total. The second-order valence-electron chi connectivity index (χ2n) is 8.07. The van der Waals surface area contributed by atoms with Crippen molar-refractivity contribution in [3.05, 3.63) is 58.1 Å². The van der Waals surface area contributed by atoms with Crippen molar-refractivity contribution in [2.45, 2.75) is 25.2 Å². The minimum Gasteiger partial charge on any atom is -0.398 e. The molecular formula is C22H24ClF3N6O3. The number of anilines is 2. The molecule has 7 N–H and O–H groups in total. The van der Waals surface area contributed by atoms with Crippen molar-refractivity contribution in [1.29, 1.82) is 0 Å². The Morgan fingerprint density at radius 2 is 1.89 bits per heavy atom. The lowest BCUT2D eigenvalue weighted by Crippen LogP contribution is -2.43. The van der Waals surface area contributed by atoms with Crippen molar-refractivity contribution in [1.82, 2.24) is 15.5 Å². The molecular weight excluding hydrogens is 489 g/mol. The molecule has 1 saturated heterocycles. The van der Waals surface area contributed by atoms with E-state index in [2.05, 4.69) is 20.9 Å². The number of amides is 4. The average molecular weight is 513 g/mol. The van der Waals surface area contributed by atoms with Gasteiger partial charge in [0.15, 0.2) is 0 Å². The quantitative estimate of drug-likeness (QED) is 0.362. The summed E-state index contributed by atoms with van der Waals surface area (Å²) < 4.78 is 38.7. The molecule has 188 valence electrons. The second kappa shape index (κ2) is 10.8. The first-order chi connectivity index (χ1) is 16.4. The van der Waals surface area contributed by atoms with Crippen LogP contribution in [0, 0.1) is 0 Å². The highest BCUT2D eigenvalue weighted by Crippen LogP contribution is 2.31. The summed E-state index contributed by atoms with van der Waals surface area (Å²) in [5.41, 5.74) is 10.6. The zero-order valence-electron chi connectivity index (χ0n) is 18.4. The van der Waals surface area contributed by atoms with Gasteiger partial charge in [0.25, 0.3) is 5.91 Å². The molecule has 3 rings (SSSR count). The van der Waals surface area contributed by atoms with Gasteiger partial charge in [-0.1, -0.05) is 17.7 Å². The number of hydrogen-bond acceptors (Lipinski definition) is 5. The number of nitrogens with zero attached hydrogens (tertiary/aromatic N) is 1. The molecule has 1 aliphatic heterocycles. The van der Waals surface area contributed by atoms with Crippen LogP contribution in [0.4, 0.5) is 29.3 Å². The van der Waals surface area contributed by atoms with Crippen LogP contribution in [0.15, 0.2) is 36.4 Å². The van der Waals surface area contributed by atoms with Crippen molar-refractivity contribution in [3.63, 3.8) is 0 Å². The van der Waals surface area contributed by atoms with Gasteiger partial charge in [-0.2, -0.15) is 13.2 Å². The number of alkyl halides is 3. The van der Waals surface area contributed by atoms with Gasteiger partial charge in [-0.25, -0.2) is 4.79 Å². The van der Waals surface area contributed by atoms with Crippen molar-refractivity contribution in [2.75, 3.05) is 30.7 Å². The summed E-state index contributed by atoms with van der Waals surface area (Å²) >= 11 is 6.05. The highest BCUT2D eigenvalue weighted by molar-refractivity contribution is 6.33. The van der Waals surface area contributed by atoms with E-state index in [1.807, 2.05) is 6.07 Å². The summed E-state index contributed by atoms with van der Waals surface area (Å²) in [5.74, 6) is -1.35. The number of benzene rings is 2. The molecule has 0 spiro atoms. The number of carbonyl (C=O) groups excluding carboxylic acids is 3. The molecule has 0 saturated carbocycles. The first-order valence-corrected chi connectivity index (χ1v) is 10.9. The lowest BCUT2D eigenvalue weighted by molar-refractivity contribution is -0.137. The van der Waals surface area contributed by atoms with Crippen LogP contribution in [-0.2, 0) is 17.5 Å². The van der Waals surface area contributed by atoms with Gasteiger partial charge in [-0.3, -0.25) is 14.5 Å². The van der Waals surface area contributed by atoms with Crippen LogP contribution < -0.4 is 27.4 Å². The summed E-state index contributed by atoms with van der Waals surface area (Å²) in [6, 6.07) is 6.71. The first-order valence-electron chi connectivity index (χ1n) is 10.5. The fourth-order valence-electron chi connectivity index (χ4n) is 3.72. The SMILES string of the molecule is NC(=O)Nc1cc(CN2CC[C@H](NC(=O)CNC(=O)c3cc(C(F)(F)F)ccc3N)C2)ccc1Cl. The fourth-order valence-corrected chi connectivity index (χ4v) is 3.88. The maximum atomic E-state index is 12.9. The van der Waals surface area contributed by atoms with Crippen LogP contribution in [0.1, 0.15) is 27.9 Å². The fraction of sp³-hybridized carbons (Fsp3) is 0.318. The van der Waals surface area contributed by atoms with Gasteiger partial charge < -0.3 is 27.4 Å². The van der Waals surface area contributed by atoms with E-state index in [0.717, 1.165) is 17.7 Å². The van der Waals surface area contributed by atoms with E-state index in [4.69, 9.17) is 23.1 Å². The van der Waals surface area contributed by atoms with Gasteiger partial charge in [0.05, 0.1) is 28.4 Å². The van der Waals surface area contributed by atoms with Crippen LogP contribution in [0.25, 0.3) is 0 Å².